The number of carbonyl (C=O) groups excluding carboxylic acids is 2. The molecule has 0 radical (unpaired) electrons. The lowest BCUT2D eigenvalue weighted by molar-refractivity contribution is -0.131. The zero-order valence-electron chi connectivity index (χ0n) is 17.0. The quantitative estimate of drug-likeness (QED) is 0.560. The minimum absolute atomic E-state index is 0.237. The lowest BCUT2D eigenvalue weighted by Gasteiger charge is -2.14. The van der Waals surface area contributed by atoms with Crippen LogP contribution in [0.4, 0.5) is 5.69 Å². The third-order valence-corrected chi connectivity index (χ3v) is 4.49. The number of ether oxygens (including phenoxy) is 3. The van der Waals surface area contributed by atoms with E-state index in [9.17, 15) is 14.4 Å². The van der Waals surface area contributed by atoms with Crippen molar-refractivity contribution < 1.29 is 33.7 Å². The summed E-state index contributed by atoms with van der Waals surface area (Å²) >= 11 is 0. The van der Waals surface area contributed by atoms with Gasteiger partial charge in [0.2, 0.25) is 5.75 Å². The first-order chi connectivity index (χ1) is 14.9. The number of allylic oxidation sites excluding steroid dienone is 1. The predicted molar refractivity (Wildman–Crippen MR) is 113 cm³/mol. The number of fused-ring (bicyclic) bond motifs is 1. The lowest BCUT2D eigenvalue weighted by Crippen LogP contribution is -2.12. The molecule has 31 heavy (non-hydrogen) atoms. The SMILES string of the molecule is COc1cc(NC(=O)c2cn(C(=O)/C=C\C(=O)O)c3ccccc23)cc(OC)c1OC. The van der Waals surface area contributed by atoms with Gasteiger partial charge in [-0.15, -0.1) is 0 Å². The van der Waals surface area contributed by atoms with Crippen LogP contribution >= 0.6 is 0 Å². The summed E-state index contributed by atoms with van der Waals surface area (Å²) in [6.07, 6.45) is 3.04. The topological polar surface area (TPSA) is 116 Å². The first-order valence-corrected chi connectivity index (χ1v) is 9.06. The van der Waals surface area contributed by atoms with Crippen LogP contribution < -0.4 is 19.5 Å². The zero-order chi connectivity index (χ0) is 22.5. The number of methoxy groups -OCH3 is 3. The van der Waals surface area contributed by atoms with Gasteiger partial charge in [0.05, 0.1) is 32.4 Å². The number of hydrogen-bond donors (Lipinski definition) is 2. The van der Waals surface area contributed by atoms with Crippen LogP contribution in [-0.4, -0.2) is 48.8 Å². The van der Waals surface area contributed by atoms with Gasteiger partial charge in [0.15, 0.2) is 11.5 Å². The molecule has 1 amide bonds. The van der Waals surface area contributed by atoms with Gasteiger partial charge in [0.25, 0.3) is 11.8 Å². The maximum Gasteiger partial charge on any atom is 0.328 e. The standard InChI is InChI=1S/C22H20N2O7/c1-29-17-10-13(11-18(30-2)21(17)31-3)23-22(28)15-12-24(19(25)8-9-20(26)27)16-7-5-4-6-14(15)16/h4-12H,1-3H3,(H,23,28)(H,26,27)/b9-8-. The van der Waals surface area contributed by atoms with Crippen LogP contribution in [0.2, 0.25) is 0 Å². The molecule has 0 atom stereocenters. The van der Waals surface area contributed by atoms with Gasteiger partial charge >= 0.3 is 5.97 Å². The number of amides is 1. The number of anilines is 1. The Labute approximate surface area is 177 Å². The Bertz CT molecular complexity index is 1170. The Kier molecular flexibility index (Phi) is 6.25. The van der Waals surface area contributed by atoms with E-state index in [1.54, 1.807) is 36.4 Å². The first-order valence-electron chi connectivity index (χ1n) is 9.06. The van der Waals surface area contributed by atoms with Crippen molar-refractivity contribution in [2.75, 3.05) is 26.6 Å². The molecule has 0 aliphatic heterocycles. The van der Waals surface area contributed by atoms with E-state index in [1.165, 1.54) is 32.1 Å². The van der Waals surface area contributed by atoms with Crippen LogP contribution in [0.15, 0.2) is 54.7 Å². The number of rotatable bonds is 7. The van der Waals surface area contributed by atoms with Crippen LogP contribution in [0.1, 0.15) is 15.2 Å². The monoisotopic (exact) mass is 424 g/mol. The van der Waals surface area contributed by atoms with Crippen LogP contribution in [0.25, 0.3) is 10.9 Å². The fourth-order valence-electron chi connectivity index (χ4n) is 3.12. The number of benzene rings is 2. The number of aliphatic carboxylic acids is 1. The number of carboxylic acid groups (broad SMARTS) is 1. The summed E-state index contributed by atoms with van der Waals surface area (Å²) in [4.78, 5) is 36.2. The Hall–Kier alpha value is -4.27. The van der Waals surface area contributed by atoms with Gasteiger partial charge < -0.3 is 24.6 Å². The molecule has 0 aliphatic rings. The van der Waals surface area contributed by atoms with Gasteiger partial charge in [-0.2, -0.15) is 0 Å². The number of hydrogen-bond acceptors (Lipinski definition) is 6. The molecule has 0 bridgehead atoms. The number of nitrogens with zero attached hydrogens (tertiary/aromatic N) is 1. The van der Waals surface area contributed by atoms with Gasteiger partial charge in [0, 0.05) is 41.6 Å². The summed E-state index contributed by atoms with van der Waals surface area (Å²) < 4.78 is 17.1. The predicted octanol–water partition coefficient (Wildman–Crippen LogP) is 3.20. The molecule has 3 rings (SSSR count). The second-order valence-corrected chi connectivity index (χ2v) is 6.31. The largest absolute Gasteiger partial charge is 0.493 e. The minimum atomic E-state index is -1.25. The molecule has 0 saturated heterocycles. The van der Waals surface area contributed by atoms with Crippen molar-refractivity contribution in [3.05, 3.63) is 60.3 Å². The van der Waals surface area contributed by atoms with Crippen molar-refractivity contribution >= 4 is 34.4 Å². The Morgan fingerprint density at radius 3 is 2.19 bits per heavy atom. The Balaban J connectivity index is 2.00. The molecule has 0 spiro atoms. The van der Waals surface area contributed by atoms with Crippen molar-refractivity contribution in [1.82, 2.24) is 4.57 Å². The molecule has 9 nitrogen and oxygen atoms in total. The average Bonchev–Trinajstić information content (AvgIpc) is 3.16. The zero-order valence-corrected chi connectivity index (χ0v) is 17.0. The van der Waals surface area contributed by atoms with Crippen molar-refractivity contribution in [2.45, 2.75) is 0 Å². The molecular weight excluding hydrogens is 404 g/mol. The van der Waals surface area contributed by atoms with E-state index >= 15 is 0 Å². The Morgan fingerprint density at radius 1 is 0.968 bits per heavy atom. The second kappa shape index (κ2) is 9.04. The van der Waals surface area contributed by atoms with Crippen molar-refractivity contribution in [1.29, 1.82) is 0 Å². The highest BCUT2D eigenvalue weighted by atomic mass is 16.5. The fraction of sp³-hybridized carbons (Fsp3) is 0.136. The van der Waals surface area contributed by atoms with Gasteiger partial charge in [0.1, 0.15) is 0 Å². The van der Waals surface area contributed by atoms with E-state index < -0.39 is 17.8 Å². The Morgan fingerprint density at radius 2 is 1.61 bits per heavy atom. The summed E-state index contributed by atoms with van der Waals surface area (Å²) in [5.74, 6) is -1.19. The normalized spacial score (nSPS) is 10.8. The fourth-order valence-corrected chi connectivity index (χ4v) is 3.12. The summed E-state index contributed by atoms with van der Waals surface area (Å²) in [5, 5.41) is 12.1. The lowest BCUT2D eigenvalue weighted by atomic mass is 10.1. The van der Waals surface area contributed by atoms with E-state index in [0.29, 0.717) is 33.8 Å². The summed E-state index contributed by atoms with van der Waals surface area (Å²) in [6.45, 7) is 0. The molecule has 0 fully saturated rings. The molecule has 0 aliphatic carbocycles. The number of carbonyl (C=O) groups is 3. The van der Waals surface area contributed by atoms with Crippen LogP contribution in [0, 0.1) is 0 Å². The molecule has 160 valence electrons. The van der Waals surface area contributed by atoms with Crippen molar-refractivity contribution in [3.63, 3.8) is 0 Å². The summed E-state index contributed by atoms with van der Waals surface area (Å²) in [5.41, 5.74) is 1.10. The average molecular weight is 424 g/mol. The van der Waals surface area contributed by atoms with E-state index in [4.69, 9.17) is 19.3 Å². The third kappa shape index (κ3) is 4.35. The summed E-state index contributed by atoms with van der Waals surface area (Å²) in [7, 11) is 4.41. The van der Waals surface area contributed by atoms with E-state index in [2.05, 4.69) is 5.32 Å². The molecule has 9 heteroatoms. The summed E-state index contributed by atoms with van der Waals surface area (Å²) in [6, 6.07) is 9.98. The van der Waals surface area contributed by atoms with Crippen molar-refractivity contribution in [3.8, 4) is 17.2 Å². The number of aromatic nitrogens is 1. The number of carboxylic acids is 1. The van der Waals surface area contributed by atoms with E-state index in [-0.39, 0.29) is 5.56 Å². The smallest absolute Gasteiger partial charge is 0.328 e. The molecule has 0 saturated carbocycles. The maximum absolute atomic E-state index is 13.0. The van der Waals surface area contributed by atoms with Crippen LogP contribution in [0.5, 0.6) is 17.2 Å². The molecule has 3 aromatic rings. The minimum Gasteiger partial charge on any atom is -0.493 e. The molecule has 0 unspecified atom stereocenters. The second-order valence-electron chi connectivity index (χ2n) is 6.31. The maximum atomic E-state index is 13.0. The molecule has 1 heterocycles. The van der Waals surface area contributed by atoms with Crippen LogP contribution in [-0.2, 0) is 4.79 Å². The highest BCUT2D eigenvalue weighted by molar-refractivity contribution is 6.15. The number of nitrogens with one attached hydrogen (secondary N) is 1. The molecule has 1 aromatic heterocycles. The van der Waals surface area contributed by atoms with E-state index in [0.717, 1.165) is 12.2 Å². The molecule has 2 N–H and O–H groups in total. The third-order valence-electron chi connectivity index (χ3n) is 4.49. The van der Waals surface area contributed by atoms with Crippen molar-refractivity contribution in [2.24, 2.45) is 0 Å². The van der Waals surface area contributed by atoms with Gasteiger partial charge in [-0.3, -0.25) is 14.2 Å². The first kappa shape index (κ1) is 21.4. The van der Waals surface area contributed by atoms with Gasteiger partial charge in [-0.25, -0.2) is 4.79 Å². The van der Waals surface area contributed by atoms with Crippen LogP contribution in [0.3, 0.4) is 0 Å². The highest BCUT2D eigenvalue weighted by Gasteiger charge is 2.19. The molecular formula is C22H20N2O7. The van der Waals surface area contributed by atoms with Gasteiger partial charge in [-0.1, -0.05) is 18.2 Å². The molecule has 2 aromatic carbocycles. The van der Waals surface area contributed by atoms with Gasteiger partial charge in [-0.05, 0) is 6.07 Å². The highest BCUT2D eigenvalue weighted by Crippen LogP contribution is 2.40. The van der Waals surface area contributed by atoms with E-state index in [1.807, 2.05) is 0 Å². The number of para-hydroxylation sites is 1.